The molecule has 0 radical (unpaired) electrons. The van der Waals surface area contributed by atoms with Crippen molar-refractivity contribution in [3.8, 4) is 0 Å². The summed E-state index contributed by atoms with van der Waals surface area (Å²) in [6.07, 6.45) is 0. The van der Waals surface area contributed by atoms with Crippen LogP contribution >= 0.6 is 0 Å². The Morgan fingerprint density at radius 1 is 1.46 bits per heavy atom. The van der Waals surface area contributed by atoms with Gasteiger partial charge in [-0.3, -0.25) is 0 Å². The Labute approximate surface area is 79.4 Å². The predicted molar refractivity (Wildman–Crippen MR) is 51.7 cm³/mol. The van der Waals surface area contributed by atoms with Gasteiger partial charge in [-0.1, -0.05) is 13.8 Å². The number of nitrogens with two attached hydrogens (primary N) is 1. The zero-order valence-electron chi connectivity index (χ0n) is 8.03. The van der Waals surface area contributed by atoms with Gasteiger partial charge in [0, 0.05) is 12.6 Å². The van der Waals surface area contributed by atoms with Crippen molar-refractivity contribution in [3.05, 3.63) is 0 Å². The van der Waals surface area contributed by atoms with E-state index >= 15 is 0 Å². The molecule has 0 aromatic heterocycles. The summed E-state index contributed by atoms with van der Waals surface area (Å²) in [4.78, 5) is 0. The molecule has 0 aromatic carbocycles. The summed E-state index contributed by atoms with van der Waals surface area (Å²) < 4.78 is 21.1. The molecule has 5 nitrogen and oxygen atoms in total. The molecule has 1 unspecified atom stereocenters. The standard InChI is InChI=1S/C7H18N2O3S/c1-6(2)7(5-10)9-3-4-13(8,11)12/h6-7,9-10H,3-5H2,1-2H3,(H2,8,11,12). The Hall–Kier alpha value is -0.170. The second kappa shape index (κ2) is 5.54. The number of hydrogen-bond acceptors (Lipinski definition) is 4. The summed E-state index contributed by atoms with van der Waals surface area (Å²) in [6.45, 7) is 4.18. The van der Waals surface area contributed by atoms with E-state index in [9.17, 15) is 8.42 Å². The third-order valence-corrected chi connectivity index (χ3v) is 2.57. The molecular weight excluding hydrogens is 192 g/mol. The molecule has 0 amide bonds. The van der Waals surface area contributed by atoms with Crippen LogP contribution < -0.4 is 10.5 Å². The Morgan fingerprint density at radius 3 is 2.31 bits per heavy atom. The molecular formula is C7H18N2O3S. The average molecular weight is 210 g/mol. The predicted octanol–water partition coefficient (Wildman–Crippen LogP) is -1.12. The van der Waals surface area contributed by atoms with Crippen LogP contribution in [0.5, 0.6) is 0 Å². The van der Waals surface area contributed by atoms with Crippen LogP contribution in [0.4, 0.5) is 0 Å². The fraction of sp³-hybridized carbons (Fsp3) is 1.00. The highest BCUT2D eigenvalue weighted by Gasteiger charge is 2.11. The van der Waals surface area contributed by atoms with Gasteiger partial charge in [0.1, 0.15) is 0 Å². The topological polar surface area (TPSA) is 92.4 Å². The SMILES string of the molecule is CC(C)C(CO)NCCS(N)(=O)=O. The normalized spacial score (nSPS) is 14.8. The van der Waals surface area contributed by atoms with Gasteiger partial charge in [-0.15, -0.1) is 0 Å². The van der Waals surface area contributed by atoms with E-state index in [1.54, 1.807) is 0 Å². The molecule has 0 spiro atoms. The van der Waals surface area contributed by atoms with Gasteiger partial charge in [0.15, 0.2) is 0 Å². The van der Waals surface area contributed by atoms with Crippen molar-refractivity contribution in [2.24, 2.45) is 11.1 Å². The maximum Gasteiger partial charge on any atom is 0.210 e. The van der Waals surface area contributed by atoms with Crippen molar-refractivity contribution in [1.82, 2.24) is 5.32 Å². The van der Waals surface area contributed by atoms with E-state index in [1.807, 2.05) is 13.8 Å². The Bertz CT molecular complexity index is 226. The van der Waals surface area contributed by atoms with Crippen LogP contribution in [0, 0.1) is 5.92 Å². The quantitative estimate of drug-likeness (QED) is 0.518. The zero-order valence-corrected chi connectivity index (χ0v) is 8.84. The first-order valence-electron chi connectivity index (χ1n) is 4.21. The second-order valence-corrected chi connectivity index (χ2v) is 5.09. The molecule has 0 aromatic rings. The minimum absolute atomic E-state index is 0.00227. The first-order chi connectivity index (χ1) is 5.87. The number of aliphatic hydroxyl groups excluding tert-OH is 1. The highest BCUT2D eigenvalue weighted by atomic mass is 32.2. The van der Waals surface area contributed by atoms with Gasteiger partial charge >= 0.3 is 0 Å². The lowest BCUT2D eigenvalue weighted by Gasteiger charge is -2.19. The van der Waals surface area contributed by atoms with Gasteiger partial charge in [-0.25, -0.2) is 13.6 Å². The van der Waals surface area contributed by atoms with Crippen molar-refractivity contribution in [2.45, 2.75) is 19.9 Å². The van der Waals surface area contributed by atoms with Crippen molar-refractivity contribution in [1.29, 1.82) is 0 Å². The van der Waals surface area contributed by atoms with Gasteiger partial charge < -0.3 is 10.4 Å². The largest absolute Gasteiger partial charge is 0.395 e. The average Bonchev–Trinajstić information content (AvgIpc) is 1.95. The molecule has 80 valence electrons. The van der Waals surface area contributed by atoms with E-state index in [1.165, 1.54) is 0 Å². The fourth-order valence-electron chi connectivity index (χ4n) is 0.898. The molecule has 0 aliphatic rings. The molecule has 0 aliphatic carbocycles. The first kappa shape index (κ1) is 12.8. The van der Waals surface area contributed by atoms with Crippen LogP contribution in [-0.4, -0.2) is 38.5 Å². The smallest absolute Gasteiger partial charge is 0.210 e. The molecule has 1 atom stereocenters. The summed E-state index contributed by atoms with van der Waals surface area (Å²) in [7, 11) is -3.40. The highest BCUT2D eigenvalue weighted by Crippen LogP contribution is 1.99. The number of rotatable bonds is 6. The molecule has 13 heavy (non-hydrogen) atoms. The van der Waals surface area contributed by atoms with Crippen LogP contribution in [0.2, 0.25) is 0 Å². The third-order valence-electron chi connectivity index (χ3n) is 1.79. The van der Waals surface area contributed by atoms with E-state index in [-0.39, 0.29) is 30.9 Å². The summed E-state index contributed by atoms with van der Waals surface area (Å²) in [6, 6.07) is -0.0678. The number of primary sulfonamides is 1. The van der Waals surface area contributed by atoms with Crippen molar-refractivity contribution in [2.75, 3.05) is 18.9 Å². The first-order valence-corrected chi connectivity index (χ1v) is 5.93. The van der Waals surface area contributed by atoms with Gasteiger partial charge in [-0.2, -0.15) is 0 Å². The number of nitrogens with one attached hydrogen (secondary N) is 1. The zero-order chi connectivity index (χ0) is 10.5. The van der Waals surface area contributed by atoms with Crippen LogP contribution in [0.25, 0.3) is 0 Å². The molecule has 4 N–H and O–H groups in total. The molecule has 0 heterocycles. The fourth-order valence-corrected chi connectivity index (χ4v) is 1.30. The Morgan fingerprint density at radius 2 is 2.00 bits per heavy atom. The maximum absolute atomic E-state index is 10.5. The van der Waals surface area contributed by atoms with Gasteiger partial charge in [0.25, 0.3) is 0 Å². The summed E-state index contributed by atoms with van der Waals surface area (Å²) in [5, 5.41) is 16.6. The van der Waals surface area contributed by atoms with E-state index in [0.717, 1.165) is 0 Å². The van der Waals surface area contributed by atoms with Crippen molar-refractivity contribution < 1.29 is 13.5 Å². The van der Waals surface area contributed by atoms with Crippen molar-refractivity contribution >= 4 is 10.0 Å². The maximum atomic E-state index is 10.5. The van der Waals surface area contributed by atoms with E-state index in [4.69, 9.17) is 10.2 Å². The van der Waals surface area contributed by atoms with Crippen LogP contribution in [0.15, 0.2) is 0 Å². The van der Waals surface area contributed by atoms with Gasteiger partial charge in [0.2, 0.25) is 10.0 Å². The molecule has 0 bridgehead atoms. The molecule has 0 aliphatic heterocycles. The Balaban J connectivity index is 3.74. The molecule has 0 rings (SSSR count). The lowest BCUT2D eigenvalue weighted by atomic mass is 10.1. The summed E-state index contributed by atoms with van der Waals surface area (Å²) >= 11 is 0. The third kappa shape index (κ3) is 6.94. The lowest BCUT2D eigenvalue weighted by molar-refractivity contribution is 0.213. The lowest BCUT2D eigenvalue weighted by Crippen LogP contribution is -2.40. The number of sulfonamides is 1. The number of aliphatic hydroxyl groups is 1. The van der Waals surface area contributed by atoms with Gasteiger partial charge in [0.05, 0.1) is 12.4 Å². The molecule has 0 saturated heterocycles. The highest BCUT2D eigenvalue weighted by molar-refractivity contribution is 7.89. The van der Waals surface area contributed by atoms with Crippen LogP contribution in [0.3, 0.4) is 0 Å². The minimum atomic E-state index is -3.40. The van der Waals surface area contributed by atoms with E-state index in [2.05, 4.69) is 5.32 Å². The Kier molecular flexibility index (Phi) is 5.46. The molecule has 6 heteroatoms. The summed E-state index contributed by atoms with van der Waals surface area (Å²) in [5.74, 6) is 0.168. The van der Waals surface area contributed by atoms with Gasteiger partial charge in [-0.05, 0) is 5.92 Å². The van der Waals surface area contributed by atoms with Crippen LogP contribution in [-0.2, 0) is 10.0 Å². The minimum Gasteiger partial charge on any atom is -0.395 e. The molecule has 0 saturated carbocycles. The van der Waals surface area contributed by atoms with E-state index < -0.39 is 10.0 Å². The van der Waals surface area contributed by atoms with Crippen molar-refractivity contribution in [3.63, 3.8) is 0 Å². The van der Waals surface area contributed by atoms with E-state index in [0.29, 0.717) is 0 Å². The monoisotopic (exact) mass is 210 g/mol. The number of hydrogen-bond donors (Lipinski definition) is 3. The van der Waals surface area contributed by atoms with Crippen LogP contribution in [0.1, 0.15) is 13.8 Å². The molecule has 0 fully saturated rings. The summed E-state index contributed by atoms with van der Waals surface area (Å²) in [5.41, 5.74) is 0. The second-order valence-electron chi connectivity index (χ2n) is 3.35.